The quantitative estimate of drug-likeness (QED) is 0.307. The van der Waals surface area contributed by atoms with Crippen LogP contribution in [0.3, 0.4) is 0 Å². The van der Waals surface area contributed by atoms with E-state index in [-0.39, 0.29) is 36.8 Å². The monoisotopic (exact) mass is 623 g/mol. The molecule has 0 bridgehead atoms. The number of hydrogen-bond acceptors (Lipinski definition) is 4. The van der Waals surface area contributed by atoms with Gasteiger partial charge in [-0.1, -0.05) is 77.5 Å². The maximum Gasteiger partial charge on any atom is 0.254 e. The average Bonchev–Trinajstić information content (AvgIpc) is 2.91. The van der Waals surface area contributed by atoms with Gasteiger partial charge in [-0.25, -0.2) is 0 Å². The molecule has 0 aromatic heterocycles. The number of nitrogens with zero attached hydrogens (tertiary/aromatic N) is 3. The molecular weight excluding hydrogens is 592 g/mol. The second kappa shape index (κ2) is 15.4. The van der Waals surface area contributed by atoms with Gasteiger partial charge in [-0.2, -0.15) is 11.8 Å². The minimum absolute atomic E-state index is 0. The van der Waals surface area contributed by atoms with Crippen LogP contribution < -0.4 is 0 Å². The molecular formula is C30H33Cl4N3OS. The van der Waals surface area contributed by atoms with Crippen LogP contribution in [0.1, 0.15) is 15.9 Å². The average molecular weight is 625 g/mol. The fraction of sp³-hybridized carbons (Fsp3) is 0.367. The Bertz CT molecular complexity index is 1300. The van der Waals surface area contributed by atoms with Crippen LogP contribution in [0.2, 0.25) is 10.0 Å². The number of thioether (sulfide) groups is 1. The highest BCUT2D eigenvalue weighted by Crippen LogP contribution is 2.24. The summed E-state index contributed by atoms with van der Waals surface area (Å²) >= 11 is 14.5. The van der Waals surface area contributed by atoms with E-state index in [1.54, 1.807) is 18.2 Å². The van der Waals surface area contributed by atoms with Crippen LogP contribution in [0, 0.1) is 11.8 Å². The lowest BCUT2D eigenvalue weighted by Crippen LogP contribution is -2.56. The van der Waals surface area contributed by atoms with Gasteiger partial charge in [0.05, 0.1) is 13.1 Å². The van der Waals surface area contributed by atoms with Crippen LogP contribution >= 0.6 is 59.8 Å². The van der Waals surface area contributed by atoms with E-state index in [0.29, 0.717) is 22.2 Å². The van der Waals surface area contributed by atoms with Crippen LogP contribution in [0.4, 0.5) is 0 Å². The molecule has 2 saturated heterocycles. The first-order valence-corrected chi connectivity index (χ1v) is 14.7. The van der Waals surface area contributed by atoms with Gasteiger partial charge in [0.25, 0.3) is 5.91 Å². The zero-order valence-corrected chi connectivity index (χ0v) is 25.6. The highest BCUT2D eigenvalue weighted by Gasteiger charge is 2.31. The number of carbonyl (C=O) groups is 1. The van der Waals surface area contributed by atoms with Crippen LogP contribution in [-0.2, 0) is 6.42 Å². The summed E-state index contributed by atoms with van der Waals surface area (Å²) in [6.07, 6.45) is 0.778. The van der Waals surface area contributed by atoms with Crippen molar-refractivity contribution >= 4 is 76.5 Å². The Hall–Kier alpha value is -1.62. The SMILES string of the molecule is Cl.Cl.O=C(c1cc(Cl)cc(Cl)c1)N1CCN(CC#CCN2CCSCC2)CC1Cc1ccc2ccccc2c1. The van der Waals surface area contributed by atoms with Crippen LogP contribution in [0.5, 0.6) is 0 Å². The molecule has 3 aromatic carbocycles. The van der Waals surface area contributed by atoms with E-state index in [2.05, 4.69) is 64.1 Å². The first kappa shape index (κ1) is 31.9. The van der Waals surface area contributed by atoms with E-state index < -0.39 is 0 Å². The Morgan fingerprint density at radius 3 is 2.21 bits per heavy atom. The molecule has 2 fully saturated rings. The van der Waals surface area contributed by atoms with Crippen molar-refractivity contribution in [2.45, 2.75) is 12.5 Å². The number of benzene rings is 3. The van der Waals surface area contributed by atoms with E-state index >= 15 is 0 Å². The molecule has 2 heterocycles. The van der Waals surface area contributed by atoms with Gasteiger partial charge in [0.1, 0.15) is 0 Å². The van der Waals surface area contributed by atoms with E-state index in [0.717, 1.165) is 45.7 Å². The summed E-state index contributed by atoms with van der Waals surface area (Å²) in [5, 5.41) is 3.39. The molecule has 1 unspecified atom stereocenters. The summed E-state index contributed by atoms with van der Waals surface area (Å²) in [5.41, 5.74) is 1.76. The van der Waals surface area contributed by atoms with Gasteiger partial charge in [0.2, 0.25) is 0 Å². The summed E-state index contributed by atoms with van der Waals surface area (Å²) < 4.78 is 0. The fourth-order valence-electron chi connectivity index (χ4n) is 5.08. The number of fused-ring (bicyclic) bond motifs is 1. The number of halogens is 4. The second-order valence-electron chi connectivity index (χ2n) is 9.67. The Morgan fingerprint density at radius 2 is 1.49 bits per heavy atom. The van der Waals surface area contributed by atoms with Gasteiger partial charge >= 0.3 is 0 Å². The summed E-state index contributed by atoms with van der Waals surface area (Å²) in [5.74, 6) is 9.14. The summed E-state index contributed by atoms with van der Waals surface area (Å²) in [6, 6.07) is 20.1. The third-order valence-corrected chi connectivity index (χ3v) is 8.44. The standard InChI is InChI=1S/C30H31Cl2N3OS.2ClH/c31-27-19-26(20-28(32)21-27)30(36)35-12-11-34(10-4-3-9-33-13-15-37-16-14-33)22-29(35)18-23-7-8-24-5-1-2-6-25(24)17-23;;/h1-2,5-8,17,19-21,29H,9-16,18,22H2;2*1H. The van der Waals surface area contributed by atoms with E-state index in [1.807, 2.05) is 16.7 Å². The number of amides is 1. The van der Waals surface area contributed by atoms with Crippen molar-refractivity contribution in [3.63, 3.8) is 0 Å². The van der Waals surface area contributed by atoms with Gasteiger partial charge < -0.3 is 4.90 Å². The van der Waals surface area contributed by atoms with E-state index in [1.165, 1.54) is 27.8 Å². The van der Waals surface area contributed by atoms with Crippen molar-refractivity contribution in [2.75, 3.05) is 57.3 Å². The van der Waals surface area contributed by atoms with Gasteiger partial charge in [-0.3, -0.25) is 14.6 Å². The Labute approximate surface area is 258 Å². The van der Waals surface area contributed by atoms with Gasteiger partial charge in [0, 0.05) is 65.9 Å². The van der Waals surface area contributed by atoms with E-state index in [4.69, 9.17) is 23.2 Å². The van der Waals surface area contributed by atoms with Crippen molar-refractivity contribution in [3.8, 4) is 11.8 Å². The predicted molar refractivity (Wildman–Crippen MR) is 171 cm³/mol. The topological polar surface area (TPSA) is 26.8 Å². The number of hydrogen-bond donors (Lipinski definition) is 0. The summed E-state index contributed by atoms with van der Waals surface area (Å²) in [6.45, 7) is 6.04. The smallest absolute Gasteiger partial charge is 0.254 e. The number of piperazine rings is 1. The normalized spacial score (nSPS) is 18.0. The molecule has 2 aliphatic heterocycles. The van der Waals surface area contributed by atoms with Crippen molar-refractivity contribution in [2.24, 2.45) is 0 Å². The maximum absolute atomic E-state index is 13.6. The number of carbonyl (C=O) groups excluding carboxylic acids is 1. The molecule has 5 rings (SSSR count). The second-order valence-corrected chi connectivity index (χ2v) is 11.8. The molecule has 1 atom stereocenters. The Morgan fingerprint density at radius 1 is 0.821 bits per heavy atom. The highest BCUT2D eigenvalue weighted by atomic mass is 35.5. The molecule has 0 spiro atoms. The lowest BCUT2D eigenvalue weighted by molar-refractivity contribution is 0.0480. The third-order valence-electron chi connectivity index (χ3n) is 7.06. The Kier molecular flexibility index (Phi) is 12.6. The molecule has 39 heavy (non-hydrogen) atoms. The van der Waals surface area contributed by atoms with Crippen LogP contribution in [0.25, 0.3) is 10.8 Å². The predicted octanol–water partition coefficient (Wildman–Crippen LogP) is 6.41. The first-order chi connectivity index (χ1) is 18.0. The summed E-state index contributed by atoms with van der Waals surface area (Å²) in [7, 11) is 0. The maximum atomic E-state index is 13.6. The molecule has 208 valence electrons. The van der Waals surface area contributed by atoms with Gasteiger partial charge in [-0.15, -0.1) is 24.8 Å². The molecule has 4 nitrogen and oxygen atoms in total. The van der Waals surface area contributed by atoms with Crippen LogP contribution in [-0.4, -0.2) is 84.0 Å². The van der Waals surface area contributed by atoms with Gasteiger partial charge in [0.15, 0.2) is 0 Å². The molecule has 0 radical (unpaired) electrons. The lowest BCUT2D eigenvalue weighted by atomic mass is 9.98. The van der Waals surface area contributed by atoms with Crippen molar-refractivity contribution < 1.29 is 4.79 Å². The van der Waals surface area contributed by atoms with Crippen LogP contribution in [0.15, 0.2) is 60.7 Å². The molecule has 3 aromatic rings. The van der Waals surface area contributed by atoms with Gasteiger partial charge in [-0.05, 0) is 41.0 Å². The molecule has 0 saturated carbocycles. The molecule has 2 aliphatic rings. The molecule has 9 heteroatoms. The zero-order chi connectivity index (χ0) is 25.6. The lowest BCUT2D eigenvalue weighted by Gasteiger charge is -2.41. The van der Waals surface area contributed by atoms with Crippen molar-refractivity contribution in [1.29, 1.82) is 0 Å². The minimum atomic E-state index is -0.0242. The minimum Gasteiger partial charge on any atom is -0.333 e. The van der Waals surface area contributed by atoms with E-state index in [9.17, 15) is 4.79 Å². The van der Waals surface area contributed by atoms with Crippen molar-refractivity contribution in [1.82, 2.24) is 14.7 Å². The fourth-order valence-corrected chi connectivity index (χ4v) is 6.59. The summed E-state index contributed by atoms with van der Waals surface area (Å²) in [4.78, 5) is 20.4. The zero-order valence-electron chi connectivity index (χ0n) is 21.7. The number of rotatable bonds is 5. The highest BCUT2D eigenvalue weighted by molar-refractivity contribution is 7.99. The third kappa shape index (κ3) is 8.68. The molecule has 0 aliphatic carbocycles. The first-order valence-electron chi connectivity index (χ1n) is 12.8. The largest absolute Gasteiger partial charge is 0.333 e. The molecule has 1 amide bonds. The Balaban J connectivity index is 0.00000210. The van der Waals surface area contributed by atoms with Crippen molar-refractivity contribution in [3.05, 3.63) is 81.8 Å². The molecule has 0 N–H and O–H groups in total.